The van der Waals surface area contributed by atoms with E-state index in [4.69, 9.17) is 10.5 Å². The summed E-state index contributed by atoms with van der Waals surface area (Å²) in [5.74, 6) is 1.06. The number of carbonyl (C=O) groups excluding carboxylic acids is 2. The molecular formula is C18H31N3O3. The Morgan fingerprint density at radius 1 is 1.17 bits per heavy atom. The molecule has 2 amide bonds. The van der Waals surface area contributed by atoms with E-state index in [0.29, 0.717) is 38.0 Å². The predicted octanol–water partition coefficient (Wildman–Crippen LogP) is 0.993. The summed E-state index contributed by atoms with van der Waals surface area (Å²) < 4.78 is 5.41. The van der Waals surface area contributed by atoms with Crippen molar-refractivity contribution in [3.63, 3.8) is 0 Å². The van der Waals surface area contributed by atoms with E-state index in [1.807, 2.05) is 9.80 Å². The third kappa shape index (κ3) is 3.75. The molecule has 0 aromatic heterocycles. The maximum absolute atomic E-state index is 13.0. The summed E-state index contributed by atoms with van der Waals surface area (Å²) in [7, 11) is 0. The summed E-state index contributed by atoms with van der Waals surface area (Å²) in [6, 6.07) is 0. The molecule has 6 nitrogen and oxygen atoms in total. The molecular weight excluding hydrogens is 306 g/mol. The lowest BCUT2D eigenvalue weighted by Gasteiger charge is -2.42. The molecule has 0 unspecified atom stereocenters. The molecule has 24 heavy (non-hydrogen) atoms. The lowest BCUT2D eigenvalue weighted by atomic mass is 9.78. The average Bonchev–Trinajstić information content (AvgIpc) is 2.64. The van der Waals surface area contributed by atoms with Crippen LogP contribution in [0.5, 0.6) is 0 Å². The monoisotopic (exact) mass is 337 g/mol. The lowest BCUT2D eigenvalue weighted by Crippen LogP contribution is -2.53. The van der Waals surface area contributed by atoms with Crippen LogP contribution in [-0.2, 0) is 14.3 Å². The third-order valence-corrected chi connectivity index (χ3v) is 6.10. The molecule has 6 heteroatoms. The fourth-order valence-corrected chi connectivity index (χ4v) is 4.29. The molecule has 136 valence electrons. The standard InChI is InChI=1S/C18H31N3O3/c19-14-18(6-11-24-12-7-18)17(23)20-9-4-15(5-10-20)13-21-8-2-1-3-16(21)22/h15H,1-14,19H2. The van der Waals surface area contributed by atoms with Gasteiger partial charge in [0.2, 0.25) is 11.8 Å². The molecule has 2 N–H and O–H groups in total. The summed E-state index contributed by atoms with van der Waals surface area (Å²) in [5.41, 5.74) is 5.56. The number of rotatable bonds is 4. The highest BCUT2D eigenvalue weighted by Crippen LogP contribution is 2.33. The molecule has 3 saturated heterocycles. The molecule has 3 aliphatic rings. The van der Waals surface area contributed by atoms with E-state index in [2.05, 4.69) is 0 Å². The molecule has 0 radical (unpaired) electrons. The zero-order chi connectivity index (χ0) is 17.0. The van der Waals surface area contributed by atoms with Gasteiger partial charge in [-0.2, -0.15) is 0 Å². The van der Waals surface area contributed by atoms with Gasteiger partial charge in [0.25, 0.3) is 0 Å². The van der Waals surface area contributed by atoms with Gasteiger partial charge in [-0.05, 0) is 44.4 Å². The highest BCUT2D eigenvalue weighted by Gasteiger charge is 2.42. The van der Waals surface area contributed by atoms with Crippen molar-refractivity contribution in [2.75, 3.05) is 45.9 Å². The Morgan fingerprint density at radius 2 is 1.88 bits per heavy atom. The van der Waals surface area contributed by atoms with E-state index in [1.165, 1.54) is 0 Å². The van der Waals surface area contributed by atoms with Gasteiger partial charge in [0.1, 0.15) is 0 Å². The Morgan fingerprint density at radius 3 is 2.50 bits per heavy atom. The van der Waals surface area contributed by atoms with Crippen molar-refractivity contribution in [1.29, 1.82) is 0 Å². The van der Waals surface area contributed by atoms with Crippen LogP contribution in [0.1, 0.15) is 44.9 Å². The molecule has 3 rings (SSSR count). The molecule has 0 bridgehead atoms. The Hall–Kier alpha value is -1.14. The van der Waals surface area contributed by atoms with Gasteiger partial charge in [0.05, 0.1) is 5.41 Å². The molecule has 0 aromatic carbocycles. The Balaban J connectivity index is 1.51. The van der Waals surface area contributed by atoms with Crippen molar-refractivity contribution in [3.8, 4) is 0 Å². The van der Waals surface area contributed by atoms with Gasteiger partial charge in [0, 0.05) is 52.4 Å². The van der Waals surface area contributed by atoms with Gasteiger partial charge in [-0.25, -0.2) is 0 Å². The second-order valence-electron chi connectivity index (χ2n) is 7.63. The Bertz CT molecular complexity index is 454. The molecule has 0 aliphatic carbocycles. The fraction of sp³-hybridized carbons (Fsp3) is 0.889. The zero-order valence-corrected chi connectivity index (χ0v) is 14.7. The first-order valence-electron chi connectivity index (χ1n) is 9.49. The molecule has 0 spiro atoms. The van der Waals surface area contributed by atoms with Gasteiger partial charge in [0.15, 0.2) is 0 Å². The first kappa shape index (κ1) is 17.7. The summed E-state index contributed by atoms with van der Waals surface area (Å²) >= 11 is 0. The zero-order valence-electron chi connectivity index (χ0n) is 14.7. The first-order chi connectivity index (χ1) is 11.6. The van der Waals surface area contributed by atoms with Crippen molar-refractivity contribution in [2.45, 2.75) is 44.9 Å². The molecule has 3 heterocycles. The minimum Gasteiger partial charge on any atom is -0.381 e. The number of nitrogens with two attached hydrogens (primary N) is 1. The van der Waals surface area contributed by atoms with E-state index >= 15 is 0 Å². The molecule has 3 fully saturated rings. The predicted molar refractivity (Wildman–Crippen MR) is 91.3 cm³/mol. The number of nitrogens with zero attached hydrogens (tertiary/aromatic N) is 2. The SMILES string of the molecule is NCC1(C(=O)N2CCC(CN3CCCCC3=O)CC2)CCOCC1. The van der Waals surface area contributed by atoms with Crippen LogP contribution in [0.2, 0.25) is 0 Å². The van der Waals surface area contributed by atoms with Gasteiger partial charge in [-0.15, -0.1) is 0 Å². The quantitative estimate of drug-likeness (QED) is 0.830. The van der Waals surface area contributed by atoms with E-state index in [1.54, 1.807) is 0 Å². The van der Waals surface area contributed by atoms with E-state index in [0.717, 1.165) is 64.7 Å². The van der Waals surface area contributed by atoms with Crippen LogP contribution in [-0.4, -0.2) is 67.6 Å². The number of amides is 2. The maximum atomic E-state index is 13.0. The second kappa shape index (κ2) is 7.83. The number of carbonyl (C=O) groups is 2. The number of hydrogen-bond donors (Lipinski definition) is 1. The largest absolute Gasteiger partial charge is 0.381 e. The number of likely N-dealkylation sites (tertiary alicyclic amines) is 2. The number of ether oxygens (including phenoxy) is 1. The van der Waals surface area contributed by atoms with Gasteiger partial charge in [-0.1, -0.05) is 0 Å². The van der Waals surface area contributed by atoms with Crippen LogP contribution < -0.4 is 5.73 Å². The second-order valence-corrected chi connectivity index (χ2v) is 7.63. The highest BCUT2D eigenvalue weighted by molar-refractivity contribution is 5.83. The average molecular weight is 337 g/mol. The van der Waals surface area contributed by atoms with Crippen molar-refractivity contribution in [1.82, 2.24) is 9.80 Å². The van der Waals surface area contributed by atoms with Crippen LogP contribution >= 0.6 is 0 Å². The topological polar surface area (TPSA) is 75.9 Å². The molecule has 0 saturated carbocycles. The number of piperidine rings is 2. The third-order valence-electron chi connectivity index (χ3n) is 6.10. The molecule has 3 aliphatic heterocycles. The summed E-state index contributed by atoms with van der Waals surface area (Å²) in [5, 5.41) is 0. The van der Waals surface area contributed by atoms with Crippen LogP contribution in [0, 0.1) is 11.3 Å². The lowest BCUT2D eigenvalue weighted by molar-refractivity contribution is -0.149. The fourth-order valence-electron chi connectivity index (χ4n) is 4.29. The van der Waals surface area contributed by atoms with Crippen LogP contribution in [0.25, 0.3) is 0 Å². The van der Waals surface area contributed by atoms with Crippen molar-refractivity contribution >= 4 is 11.8 Å². The Labute approximate surface area is 144 Å². The van der Waals surface area contributed by atoms with Crippen LogP contribution in [0.4, 0.5) is 0 Å². The van der Waals surface area contributed by atoms with Crippen molar-refractivity contribution < 1.29 is 14.3 Å². The molecule has 0 atom stereocenters. The van der Waals surface area contributed by atoms with E-state index in [-0.39, 0.29) is 5.91 Å². The van der Waals surface area contributed by atoms with E-state index < -0.39 is 5.41 Å². The molecule has 0 aromatic rings. The van der Waals surface area contributed by atoms with Gasteiger partial charge >= 0.3 is 0 Å². The summed E-state index contributed by atoms with van der Waals surface area (Å²) in [6.45, 7) is 5.07. The normalized spacial score (nSPS) is 25.8. The van der Waals surface area contributed by atoms with Crippen LogP contribution in [0.15, 0.2) is 0 Å². The van der Waals surface area contributed by atoms with Crippen molar-refractivity contribution in [2.24, 2.45) is 17.1 Å². The smallest absolute Gasteiger partial charge is 0.230 e. The maximum Gasteiger partial charge on any atom is 0.230 e. The van der Waals surface area contributed by atoms with Crippen LogP contribution in [0.3, 0.4) is 0 Å². The van der Waals surface area contributed by atoms with Crippen molar-refractivity contribution in [3.05, 3.63) is 0 Å². The van der Waals surface area contributed by atoms with Gasteiger partial charge in [-0.3, -0.25) is 9.59 Å². The minimum absolute atomic E-state index is 0.223. The minimum atomic E-state index is -0.409. The Kier molecular flexibility index (Phi) is 5.76. The first-order valence-corrected chi connectivity index (χ1v) is 9.49. The van der Waals surface area contributed by atoms with Gasteiger partial charge < -0.3 is 20.3 Å². The summed E-state index contributed by atoms with van der Waals surface area (Å²) in [6.07, 6.45) is 6.34. The van der Waals surface area contributed by atoms with E-state index in [9.17, 15) is 9.59 Å². The highest BCUT2D eigenvalue weighted by atomic mass is 16.5. The number of hydrogen-bond acceptors (Lipinski definition) is 4. The summed E-state index contributed by atoms with van der Waals surface area (Å²) in [4.78, 5) is 29.0.